The van der Waals surface area contributed by atoms with Crippen molar-refractivity contribution in [3.05, 3.63) is 47.2 Å². The Kier molecular flexibility index (Phi) is 3.89. The fourth-order valence-electron chi connectivity index (χ4n) is 2.00. The maximum atomic E-state index is 12.5. The first-order valence-corrected chi connectivity index (χ1v) is 6.06. The van der Waals surface area contributed by atoms with Crippen molar-refractivity contribution >= 4 is 11.6 Å². The standard InChI is InChI=1S/C15H16N2O3/c1-9-6-7-17-15(16)13(9)14(18)10-4-5-11(19-2)12(8-10)20-3/h4-8H,1-3H3,(H2,16,17). The first-order valence-electron chi connectivity index (χ1n) is 6.06. The molecule has 5 heteroatoms. The summed E-state index contributed by atoms with van der Waals surface area (Å²) < 4.78 is 10.4. The van der Waals surface area contributed by atoms with Gasteiger partial charge in [-0.25, -0.2) is 4.98 Å². The topological polar surface area (TPSA) is 74.4 Å². The molecule has 0 aliphatic rings. The number of aryl methyl sites for hydroxylation is 1. The third-order valence-corrected chi connectivity index (χ3v) is 3.06. The Balaban J connectivity index is 2.49. The average molecular weight is 272 g/mol. The van der Waals surface area contributed by atoms with Crippen molar-refractivity contribution in [2.45, 2.75) is 6.92 Å². The zero-order valence-electron chi connectivity index (χ0n) is 11.6. The average Bonchev–Trinajstić information content (AvgIpc) is 2.46. The summed E-state index contributed by atoms with van der Waals surface area (Å²) in [7, 11) is 3.07. The highest BCUT2D eigenvalue weighted by atomic mass is 16.5. The third-order valence-electron chi connectivity index (χ3n) is 3.06. The van der Waals surface area contributed by atoms with Crippen LogP contribution in [0.3, 0.4) is 0 Å². The molecule has 0 aliphatic carbocycles. The number of hydrogen-bond donors (Lipinski definition) is 1. The van der Waals surface area contributed by atoms with E-state index in [1.165, 1.54) is 7.11 Å². The van der Waals surface area contributed by atoms with Crippen molar-refractivity contribution in [1.29, 1.82) is 0 Å². The Morgan fingerprint density at radius 3 is 2.45 bits per heavy atom. The molecule has 0 saturated heterocycles. The zero-order chi connectivity index (χ0) is 14.7. The van der Waals surface area contributed by atoms with Crippen molar-refractivity contribution in [3.8, 4) is 11.5 Å². The molecule has 0 fully saturated rings. The number of aromatic nitrogens is 1. The number of methoxy groups -OCH3 is 2. The highest BCUT2D eigenvalue weighted by molar-refractivity contribution is 6.12. The second-order valence-corrected chi connectivity index (χ2v) is 4.29. The molecule has 1 aromatic heterocycles. The van der Waals surface area contributed by atoms with Crippen LogP contribution >= 0.6 is 0 Å². The van der Waals surface area contributed by atoms with E-state index in [2.05, 4.69) is 4.98 Å². The number of nitrogens with two attached hydrogens (primary N) is 1. The van der Waals surface area contributed by atoms with Crippen molar-refractivity contribution in [2.75, 3.05) is 20.0 Å². The van der Waals surface area contributed by atoms with Gasteiger partial charge in [-0.05, 0) is 36.8 Å². The van der Waals surface area contributed by atoms with E-state index in [1.54, 1.807) is 37.6 Å². The number of carbonyl (C=O) groups excluding carboxylic acids is 1. The molecule has 1 heterocycles. The van der Waals surface area contributed by atoms with E-state index in [9.17, 15) is 4.79 Å². The Labute approximate surface area is 117 Å². The largest absolute Gasteiger partial charge is 0.493 e. The molecule has 0 bridgehead atoms. The van der Waals surface area contributed by atoms with E-state index in [4.69, 9.17) is 15.2 Å². The van der Waals surface area contributed by atoms with Crippen molar-refractivity contribution in [2.24, 2.45) is 0 Å². The molecule has 2 aromatic rings. The van der Waals surface area contributed by atoms with E-state index in [0.29, 0.717) is 22.6 Å². The summed E-state index contributed by atoms with van der Waals surface area (Å²) in [5.74, 6) is 1.11. The van der Waals surface area contributed by atoms with Crippen LogP contribution in [0.2, 0.25) is 0 Å². The number of rotatable bonds is 4. The summed E-state index contributed by atoms with van der Waals surface area (Å²) in [6.45, 7) is 1.83. The molecule has 0 spiro atoms. The highest BCUT2D eigenvalue weighted by Gasteiger charge is 2.17. The lowest BCUT2D eigenvalue weighted by molar-refractivity contribution is 0.103. The number of benzene rings is 1. The lowest BCUT2D eigenvalue weighted by atomic mass is 10.00. The number of carbonyl (C=O) groups is 1. The molecular weight excluding hydrogens is 256 g/mol. The maximum Gasteiger partial charge on any atom is 0.197 e. The van der Waals surface area contributed by atoms with Gasteiger partial charge >= 0.3 is 0 Å². The molecular formula is C15H16N2O3. The normalized spacial score (nSPS) is 10.2. The van der Waals surface area contributed by atoms with E-state index in [0.717, 1.165) is 5.56 Å². The number of nitrogens with zero attached hydrogens (tertiary/aromatic N) is 1. The van der Waals surface area contributed by atoms with Gasteiger partial charge in [0.05, 0.1) is 19.8 Å². The van der Waals surface area contributed by atoms with E-state index >= 15 is 0 Å². The molecule has 2 rings (SSSR count). The molecule has 1 aromatic carbocycles. The third kappa shape index (κ3) is 2.42. The van der Waals surface area contributed by atoms with Crippen LogP contribution in [0.5, 0.6) is 11.5 Å². The van der Waals surface area contributed by atoms with Crippen LogP contribution in [-0.4, -0.2) is 25.0 Å². The Morgan fingerprint density at radius 2 is 1.85 bits per heavy atom. The summed E-state index contributed by atoms with van der Waals surface area (Å²) >= 11 is 0. The van der Waals surface area contributed by atoms with Crippen LogP contribution in [0.4, 0.5) is 5.82 Å². The van der Waals surface area contributed by atoms with Gasteiger partial charge in [0.25, 0.3) is 0 Å². The van der Waals surface area contributed by atoms with Crippen LogP contribution in [-0.2, 0) is 0 Å². The number of anilines is 1. The molecule has 0 aliphatic heterocycles. The first kappa shape index (κ1) is 13.9. The molecule has 0 radical (unpaired) electrons. The van der Waals surface area contributed by atoms with Gasteiger partial charge in [-0.1, -0.05) is 0 Å². The summed E-state index contributed by atoms with van der Waals surface area (Å²) in [5.41, 5.74) is 7.48. The smallest absolute Gasteiger partial charge is 0.197 e. The van der Waals surface area contributed by atoms with Gasteiger partial charge in [-0.2, -0.15) is 0 Å². The highest BCUT2D eigenvalue weighted by Crippen LogP contribution is 2.29. The maximum absolute atomic E-state index is 12.5. The predicted octanol–water partition coefficient (Wildman–Crippen LogP) is 2.22. The number of ketones is 1. The van der Waals surface area contributed by atoms with Gasteiger partial charge in [0.2, 0.25) is 0 Å². The van der Waals surface area contributed by atoms with E-state index < -0.39 is 0 Å². The minimum atomic E-state index is -0.186. The number of hydrogen-bond acceptors (Lipinski definition) is 5. The van der Waals surface area contributed by atoms with Gasteiger partial charge in [0.1, 0.15) is 5.82 Å². The van der Waals surface area contributed by atoms with E-state index in [1.807, 2.05) is 6.92 Å². The zero-order valence-corrected chi connectivity index (χ0v) is 11.6. The number of ether oxygens (including phenoxy) is 2. The van der Waals surface area contributed by atoms with Gasteiger partial charge in [0, 0.05) is 11.8 Å². The summed E-state index contributed by atoms with van der Waals surface area (Å²) in [6.07, 6.45) is 1.58. The van der Waals surface area contributed by atoms with Gasteiger partial charge < -0.3 is 15.2 Å². The number of pyridine rings is 1. The predicted molar refractivity (Wildman–Crippen MR) is 76.4 cm³/mol. The van der Waals surface area contributed by atoms with Gasteiger partial charge in [-0.3, -0.25) is 4.79 Å². The van der Waals surface area contributed by atoms with Gasteiger partial charge in [0.15, 0.2) is 17.3 Å². The summed E-state index contributed by atoms with van der Waals surface area (Å²) in [4.78, 5) is 16.5. The van der Waals surface area contributed by atoms with Crippen molar-refractivity contribution in [3.63, 3.8) is 0 Å². The molecule has 0 unspecified atom stereocenters. The van der Waals surface area contributed by atoms with Crippen LogP contribution in [0, 0.1) is 6.92 Å². The fourth-order valence-corrected chi connectivity index (χ4v) is 2.00. The minimum Gasteiger partial charge on any atom is -0.493 e. The lowest BCUT2D eigenvalue weighted by Gasteiger charge is -2.11. The van der Waals surface area contributed by atoms with Crippen molar-refractivity contribution in [1.82, 2.24) is 4.98 Å². The first-order chi connectivity index (χ1) is 9.58. The van der Waals surface area contributed by atoms with Crippen LogP contribution in [0.25, 0.3) is 0 Å². The summed E-state index contributed by atoms with van der Waals surface area (Å²) in [5, 5.41) is 0. The molecule has 5 nitrogen and oxygen atoms in total. The second kappa shape index (κ2) is 5.61. The fraction of sp³-hybridized carbons (Fsp3) is 0.200. The summed E-state index contributed by atoms with van der Waals surface area (Å²) in [6, 6.07) is 6.75. The van der Waals surface area contributed by atoms with E-state index in [-0.39, 0.29) is 11.6 Å². The molecule has 104 valence electrons. The van der Waals surface area contributed by atoms with Crippen molar-refractivity contribution < 1.29 is 14.3 Å². The second-order valence-electron chi connectivity index (χ2n) is 4.29. The Hall–Kier alpha value is -2.56. The lowest BCUT2D eigenvalue weighted by Crippen LogP contribution is -2.09. The van der Waals surface area contributed by atoms with Crippen LogP contribution < -0.4 is 15.2 Å². The minimum absolute atomic E-state index is 0.186. The molecule has 2 N–H and O–H groups in total. The Bertz CT molecular complexity index is 633. The van der Waals surface area contributed by atoms with Crippen LogP contribution in [0.15, 0.2) is 30.5 Å². The Morgan fingerprint density at radius 1 is 1.15 bits per heavy atom. The molecule has 20 heavy (non-hydrogen) atoms. The van der Waals surface area contributed by atoms with Crippen LogP contribution in [0.1, 0.15) is 21.5 Å². The molecule has 0 amide bonds. The van der Waals surface area contributed by atoms with Gasteiger partial charge in [-0.15, -0.1) is 0 Å². The monoisotopic (exact) mass is 272 g/mol. The SMILES string of the molecule is COc1ccc(C(=O)c2c(C)ccnc2N)cc1OC. The number of nitrogen functional groups attached to an aromatic ring is 1. The molecule has 0 atom stereocenters. The molecule has 0 saturated carbocycles. The quantitative estimate of drug-likeness (QED) is 0.864.